The van der Waals surface area contributed by atoms with Gasteiger partial charge in [-0.05, 0) is 32.5 Å². The standard InChI is InChI=1S/C19H30F3N5O.HI/c1-4-23-18(24-10-12-26(2)14-19(20,21)22)25-15-9-11-27(13-15)16-7-5-6-8-17(16)28-3;/h5-8,15H,4,9-14H2,1-3H3,(H2,23,24,25);1H. The second-order valence-corrected chi connectivity index (χ2v) is 6.86. The van der Waals surface area contributed by atoms with Crippen LogP contribution < -0.4 is 20.3 Å². The number of nitrogens with one attached hydrogen (secondary N) is 2. The maximum Gasteiger partial charge on any atom is 0.401 e. The largest absolute Gasteiger partial charge is 0.495 e. The number of ether oxygens (including phenoxy) is 1. The van der Waals surface area contributed by atoms with Crippen LogP contribution in [0.15, 0.2) is 29.3 Å². The Morgan fingerprint density at radius 1 is 1.34 bits per heavy atom. The molecule has 0 bridgehead atoms. The number of hydrogen-bond donors (Lipinski definition) is 2. The van der Waals surface area contributed by atoms with E-state index in [-0.39, 0.29) is 36.6 Å². The molecule has 166 valence electrons. The van der Waals surface area contributed by atoms with Gasteiger partial charge in [-0.2, -0.15) is 13.2 Å². The van der Waals surface area contributed by atoms with Crippen molar-refractivity contribution in [1.82, 2.24) is 15.5 Å². The van der Waals surface area contributed by atoms with E-state index in [1.807, 2.05) is 31.2 Å². The van der Waals surface area contributed by atoms with Crippen LogP contribution in [0.2, 0.25) is 0 Å². The molecule has 0 radical (unpaired) electrons. The molecular formula is C19H31F3IN5O. The van der Waals surface area contributed by atoms with Gasteiger partial charge in [0.1, 0.15) is 5.75 Å². The number of hydrogen-bond acceptors (Lipinski definition) is 4. The molecule has 0 spiro atoms. The van der Waals surface area contributed by atoms with Crippen LogP contribution in [0, 0.1) is 0 Å². The summed E-state index contributed by atoms with van der Waals surface area (Å²) in [7, 11) is 3.11. The molecule has 1 heterocycles. The normalized spacial score (nSPS) is 17.3. The minimum atomic E-state index is -4.19. The molecule has 6 nitrogen and oxygen atoms in total. The van der Waals surface area contributed by atoms with Gasteiger partial charge in [-0.25, -0.2) is 0 Å². The molecule has 1 unspecified atom stereocenters. The number of methoxy groups -OCH3 is 1. The summed E-state index contributed by atoms with van der Waals surface area (Å²) in [5.41, 5.74) is 1.06. The zero-order chi connectivity index (χ0) is 20.6. The fraction of sp³-hybridized carbons (Fsp3) is 0.632. The molecule has 29 heavy (non-hydrogen) atoms. The van der Waals surface area contributed by atoms with Gasteiger partial charge in [0.15, 0.2) is 5.96 Å². The van der Waals surface area contributed by atoms with Gasteiger partial charge in [-0.15, -0.1) is 24.0 Å². The van der Waals surface area contributed by atoms with Crippen LogP contribution in [0.25, 0.3) is 0 Å². The fourth-order valence-electron chi connectivity index (χ4n) is 3.22. The van der Waals surface area contributed by atoms with Crippen LogP contribution in [0.5, 0.6) is 5.75 Å². The zero-order valence-electron chi connectivity index (χ0n) is 17.1. The van der Waals surface area contributed by atoms with Crippen LogP contribution in [0.3, 0.4) is 0 Å². The number of likely N-dealkylation sites (N-methyl/N-ethyl adjacent to an activating group) is 1. The van der Waals surface area contributed by atoms with Gasteiger partial charge in [-0.1, -0.05) is 12.1 Å². The maximum atomic E-state index is 12.4. The first kappa shape index (κ1) is 25.6. The molecule has 1 atom stereocenters. The Kier molecular flexibility index (Phi) is 10.9. The average Bonchev–Trinajstić information content (AvgIpc) is 3.08. The van der Waals surface area contributed by atoms with E-state index in [2.05, 4.69) is 20.5 Å². The number of benzene rings is 1. The predicted molar refractivity (Wildman–Crippen MR) is 122 cm³/mol. The molecule has 1 fully saturated rings. The van der Waals surface area contributed by atoms with E-state index < -0.39 is 12.7 Å². The predicted octanol–water partition coefficient (Wildman–Crippen LogP) is 2.94. The lowest BCUT2D eigenvalue weighted by molar-refractivity contribution is -0.142. The van der Waals surface area contributed by atoms with Crippen molar-refractivity contribution >= 4 is 35.6 Å². The highest BCUT2D eigenvalue weighted by molar-refractivity contribution is 14.0. The van der Waals surface area contributed by atoms with Crippen LogP contribution >= 0.6 is 24.0 Å². The van der Waals surface area contributed by atoms with Crippen molar-refractivity contribution in [3.8, 4) is 5.75 Å². The van der Waals surface area contributed by atoms with E-state index in [1.54, 1.807) is 7.11 Å². The van der Waals surface area contributed by atoms with Gasteiger partial charge in [-0.3, -0.25) is 9.89 Å². The van der Waals surface area contributed by atoms with Crippen molar-refractivity contribution in [3.05, 3.63) is 24.3 Å². The van der Waals surface area contributed by atoms with E-state index >= 15 is 0 Å². The Labute approximate surface area is 187 Å². The molecular weight excluding hydrogens is 498 g/mol. The van der Waals surface area contributed by atoms with Crippen molar-refractivity contribution in [2.45, 2.75) is 25.6 Å². The number of nitrogens with zero attached hydrogens (tertiary/aromatic N) is 3. The van der Waals surface area contributed by atoms with E-state index in [0.29, 0.717) is 19.0 Å². The Balaban J connectivity index is 0.00000420. The topological polar surface area (TPSA) is 52.1 Å². The number of rotatable bonds is 8. The molecule has 2 N–H and O–H groups in total. The molecule has 10 heteroatoms. The summed E-state index contributed by atoms with van der Waals surface area (Å²) >= 11 is 0. The number of para-hydroxylation sites is 2. The third-order valence-corrected chi connectivity index (χ3v) is 4.50. The van der Waals surface area contributed by atoms with Crippen molar-refractivity contribution in [2.75, 3.05) is 58.3 Å². The van der Waals surface area contributed by atoms with Crippen LogP contribution in [-0.4, -0.2) is 76.5 Å². The second-order valence-electron chi connectivity index (χ2n) is 6.86. The first-order chi connectivity index (χ1) is 13.3. The van der Waals surface area contributed by atoms with E-state index in [1.165, 1.54) is 11.9 Å². The van der Waals surface area contributed by atoms with E-state index in [9.17, 15) is 13.2 Å². The third-order valence-electron chi connectivity index (χ3n) is 4.50. The Morgan fingerprint density at radius 3 is 2.72 bits per heavy atom. The average molecular weight is 529 g/mol. The fourth-order valence-corrected chi connectivity index (χ4v) is 3.22. The lowest BCUT2D eigenvalue weighted by Gasteiger charge is -2.22. The van der Waals surface area contributed by atoms with Crippen molar-refractivity contribution in [2.24, 2.45) is 4.99 Å². The lowest BCUT2D eigenvalue weighted by atomic mass is 10.2. The summed E-state index contributed by atoms with van der Waals surface area (Å²) in [4.78, 5) is 7.91. The number of aliphatic imine (C=N–C) groups is 1. The number of guanidine groups is 1. The lowest BCUT2D eigenvalue weighted by Crippen LogP contribution is -2.45. The first-order valence-electron chi connectivity index (χ1n) is 9.50. The van der Waals surface area contributed by atoms with Crippen LogP contribution in [0.1, 0.15) is 13.3 Å². The summed E-state index contributed by atoms with van der Waals surface area (Å²) in [6.07, 6.45) is -3.25. The minimum absolute atomic E-state index is 0. The number of anilines is 1. The molecule has 2 rings (SSSR count). The van der Waals surface area contributed by atoms with Crippen LogP contribution in [0.4, 0.5) is 18.9 Å². The van der Waals surface area contributed by atoms with Gasteiger partial charge in [0, 0.05) is 32.2 Å². The molecule has 1 aromatic carbocycles. The van der Waals surface area contributed by atoms with E-state index in [4.69, 9.17) is 4.74 Å². The Hall–Kier alpha value is -1.43. The van der Waals surface area contributed by atoms with Crippen molar-refractivity contribution in [3.63, 3.8) is 0 Å². The Morgan fingerprint density at radius 2 is 2.07 bits per heavy atom. The molecule has 0 saturated carbocycles. The summed E-state index contributed by atoms with van der Waals surface area (Å²) in [6, 6.07) is 8.12. The van der Waals surface area contributed by atoms with Crippen molar-refractivity contribution < 1.29 is 17.9 Å². The molecule has 1 saturated heterocycles. The number of alkyl halides is 3. The summed E-state index contributed by atoms with van der Waals surface area (Å²) < 4.78 is 42.6. The molecule has 1 aliphatic rings. The monoisotopic (exact) mass is 529 g/mol. The molecule has 0 aliphatic carbocycles. The zero-order valence-corrected chi connectivity index (χ0v) is 19.5. The number of halogens is 4. The molecule has 0 aromatic heterocycles. The third kappa shape index (κ3) is 8.85. The summed E-state index contributed by atoms with van der Waals surface area (Å²) in [6.45, 7) is 3.96. The molecule has 0 amide bonds. The Bertz CT molecular complexity index is 645. The SMILES string of the molecule is CCNC(=NCCN(C)CC(F)(F)F)NC1CCN(c2ccccc2OC)C1.I. The van der Waals surface area contributed by atoms with E-state index in [0.717, 1.165) is 30.9 Å². The highest BCUT2D eigenvalue weighted by Crippen LogP contribution is 2.30. The highest BCUT2D eigenvalue weighted by atomic mass is 127. The molecule has 1 aliphatic heterocycles. The quantitative estimate of drug-likeness (QED) is 0.308. The highest BCUT2D eigenvalue weighted by Gasteiger charge is 2.29. The summed E-state index contributed by atoms with van der Waals surface area (Å²) in [5, 5.41) is 6.56. The van der Waals surface area contributed by atoms with Gasteiger partial charge in [0.2, 0.25) is 0 Å². The minimum Gasteiger partial charge on any atom is -0.495 e. The van der Waals surface area contributed by atoms with Gasteiger partial charge in [0.25, 0.3) is 0 Å². The van der Waals surface area contributed by atoms with Gasteiger partial charge in [0.05, 0.1) is 25.9 Å². The summed E-state index contributed by atoms with van der Waals surface area (Å²) in [5.74, 6) is 1.48. The van der Waals surface area contributed by atoms with Crippen LogP contribution in [-0.2, 0) is 0 Å². The smallest absolute Gasteiger partial charge is 0.401 e. The van der Waals surface area contributed by atoms with Gasteiger partial charge < -0.3 is 20.3 Å². The first-order valence-corrected chi connectivity index (χ1v) is 9.50. The maximum absolute atomic E-state index is 12.4. The molecule has 1 aromatic rings. The van der Waals surface area contributed by atoms with Gasteiger partial charge >= 0.3 is 6.18 Å². The van der Waals surface area contributed by atoms with Crippen molar-refractivity contribution in [1.29, 1.82) is 0 Å². The second kappa shape index (κ2) is 12.3.